The largest absolute Gasteiger partial charge is 0.486 e. The van der Waals surface area contributed by atoms with Crippen molar-refractivity contribution in [2.75, 3.05) is 0 Å². The molecule has 0 bridgehead atoms. The zero-order valence-electron chi connectivity index (χ0n) is 12.9. The van der Waals surface area contributed by atoms with Gasteiger partial charge in [0, 0.05) is 18.1 Å². The first-order chi connectivity index (χ1) is 11.8. The van der Waals surface area contributed by atoms with Gasteiger partial charge in [0.05, 0.1) is 5.69 Å². The maximum Gasteiger partial charge on any atom is 0.174 e. The third-order valence-electron chi connectivity index (χ3n) is 3.81. The SMILES string of the molecule is Fc1cccc(Oc2ccc(OCc3cc(C4CC4)no3)cc2)c1. The summed E-state index contributed by atoms with van der Waals surface area (Å²) in [6, 6.07) is 15.1. The number of aromatic nitrogens is 1. The minimum absolute atomic E-state index is 0.329. The quantitative estimate of drug-likeness (QED) is 0.635. The number of benzene rings is 2. The van der Waals surface area contributed by atoms with Crippen molar-refractivity contribution in [1.29, 1.82) is 0 Å². The third kappa shape index (κ3) is 3.56. The number of nitrogens with zero attached hydrogens (tertiary/aromatic N) is 1. The van der Waals surface area contributed by atoms with Gasteiger partial charge in [0.25, 0.3) is 0 Å². The van der Waals surface area contributed by atoms with Crippen LogP contribution in [0.15, 0.2) is 59.1 Å². The number of hydrogen-bond donors (Lipinski definition) is 0. The number of rotatable bonds is 6. The molecule has 122 valence electrons. The van der Waals surface area contributed by atoms with Crippen LogP contribution < -0.4 is 9.47 Å². The molecule has 0 atom stereocenters. The Kier molecular flexibility index (Phi) is 3.91. The monoisotopic (exact) mass is 325 g/mol. The van der Waals surface area contributed by atoms with Gasteiger partial charge in [0.15, 0.2) is 5.76 Å². The molecule has 3 aromatic rings. The van der Waals surface area contributed by atoms with Gasteiger partial charge in [-0.2, -0.15) is 0 Å². The number of hydrogen-bond acceptors (Lipinski definition) is 4. The lowest BCUT2D eigenvalue weighted by Gasteiger charge is -2.07. The molecular weight excluding hydrogens is 309 g/mol. The van der Waals surface area contributed by atoms with Crippen molar-refractivity contribution in [3.05, 3.63) is 71.9 Å². The van der Waals surface area contributed by atoms with Gasteiger partial charge in [-0.1, -0.05) is 11.2 Å². The van der Waals surface area contributed by atoms with Crippen LogP contribution in [0.4, 0.5) is 4.39 Å². The molecule has 1 aliphatic rings. The van der Waals surface area contributed by atoms with Crippen LogP contribution in [0.3, 0.4) is 0 Å². The molecule has 1 saturated carbocycles. The Bertz CT molecular complexity index is 825. The number of ether oxygens (including phenoxy) is 2. The fraction of sp³-hybridized carbons (Fsp3) is 0.211. The lowest BCUT2D eigenvalue weighted by atomic mass is 10.3. The normalized spacial score (nSPS) is 13.7. The molecule has 0 saturated heterocycles. The van der Waals surface area contributed by atoms with E-state index in [9.17, 15) is 4.39 Å². The minimum Gasteiger partial charge on any atom is -0.486 e. The molecule has 2 aromatic carbocycles. The summed E-state index contributed by atoms with van der Waals surface area (Å²) < 4.78 is 29.7. The van der Waals surface area contributed by atoms with Crippen LogP contribution in [0.1, 0.15) is 30.2 Å². The van der Waals surface area contributed by atoms with Crippen molar-refractivity contribution in [1.82, 2.24) is 5.16 Å². The number of halogens is 1. The fourth-order valence-electron chi connectivity index (χ4n) is 2.39. The van der Waals surface area contributed by atoms with Gasteiger partial charge in [-0.15, -0.1) is 0 Å². The molecule has 0 aliphatic heterocycles. The molecule has 0 amide bonds. The second-order valence-electron chi connectivity index (χ2n) is 5.81. The van der Waals surface area contributed by atoms with Crippen molar-refractivity contribution in [3.8, 4) is 17.2 Å². The van der Waals surface area contributed by atoms with Crippen LogP contribution in [0.2, 0.25) is 0 Å². The molecule has 1 fully saturated rings. The molecular formula is C19H16FNO3. The average molecular weight is 325 g/mol. The Balaban J connectivity index is 1.34. The summed E-state index contributed by atoms with van der Waals surface area (Å²) in [4.78, 5) is 0. The van der Waals surface area contributed by atoms with Crippen LogP contribution in [0.25, 0.3) is 0 Å². The summed E-state index contributed by atoms with van der Waals surface area (Å²) >= 11 is 0. The summed E-state index contributed by atoms with van der Waals surface area (Å²) in [7, 11) is 0. The summed E-state index contributed by atoms with van der Waals surface area (Å²) in [5.41, 5.74) is 1.02. The highest BCUT2D eigenvalue weighted by Gasteiger charge is 2.27. The van der Waals surface area contributed by atoms with Crippen LogP contribution in [0.5, 0.6) is 17.2 Å². The van der Waals surface area contributed by atoms with Crippen molar-refractivity contribution >= 4 is 0 Å². The zero-order valence-corrected chi connectivity index (χ0v) is 12.9. The molecule has 4 rings (SSSR count). The Morgan fingerprint density at radius 2 is 1.79 bits per heavy atom. The Morgan fingerprint density at radius 1 is 1.00 bits per heavy atom. The molecule has 1 heterocycles. The first-order valence-electron chi connectivity index (χ1n) is 7.88. The zero-order chi connectivity index (χ0) is 16.4. The van der Waals surface area contributed by atoms with Gasteiger partial charge < -0.3 is 14.0 Å². The Morgan fingerprint density at radius 3 is 2.54 bits per heavy atom. The topological polar surface area (TPSA) is 44.5 Å². The van der Waals surface area contributed by atoms with Crippen molar-refractivity contribution in [3.63, 3.8) is 0 Å². The molecule has 1 aromatic heterocycles. The maximum atomic E-state index is 13.1. The summed E-state index contributed by atoms with van der Waals surface area (Å²) in [5, 5.41) is 4.05. The predicted octanol–water partition coefficient (Wildman–Crippen LogP) is 5.06. The average Bonchev–Trinajstić information content (AvgIpc) is 3.33. The Labute approximate surface area is 138 Å². The first-order valence-corrected chi connectivity index (χ1v) is 7.88. The van der Waals surface area contributed by atoms with Gasteiger partial charge in [0.1, 0.15) is 29.7 Å². The molecule has 0 unspecified atom stereocenters. The van der Waals surface area contributed by atoms with Crippen LogP contribution >= 0.6 is 0 Å². The maximum absolute atomic E-state index is 13.1. The van der Waals surface area contributed by atoms with E-state index in [1.807, 2.05) is 6.07 Å². The fourth-order valence-corrected chi connectivity index (χ4v) is 2.39. The van der Waals surface area contributed by atoms with Crippen LogP contribution in [-0.2, 0) is 6.61 Å². The van der Waals surface area contributed by atoms with E-state index in [0.29, 0.717) is 29.8 Å². The highest BCUT2D eigenvalue weighted by molar-refractivity contribution is 5.35. The lowest BCUT2D eigenvalue weighted by Crippen LogP contribution is -1.93. The summed E-state index contributed by atoms with van der Waals surface area (Å²) in [6.07, 6.45) is 2.39. The van der Waals surface area contributed by atoms with Gasteiger partial charge in [0.2, 0.25) is 0 Å². The standard InChI is InChI=1S/C19H16FNO3/c20-14-2-1-3-17(10-14)23-16-8-6-15(7-9-16)22-12-18-11-19(21-24-18)13-4-5-13/h1-3,6-11,13H,4-5,12H2. The molecule has 5 heteroatoms. The molecule has 0 radical (unpaired) electrons. The molecule has 0 spiro atoms. The molecule has 4 nitrogen and oxygen atoms in total. The smallest absolute Gasteiger partial charge is 0.174 e. The molecule has 1 aliphatic carbocycles. The van der Waals surface area contributed by atoms with E-state index in [4.69, 9.17) is 14.0 Å². The van der Waals surface area contributed by atoms with E-state index >= 15 is 0 Å². The van der Waals surface area contributed by atoms with Gasteiger partial charge in [-0.25, -0.2) is 4.39 Å². The van der Waals surface area contributed by atoms with Crippen LogP contribution in [-0.4, -0.2) is 5.16 Å². The van der Waals surface area contributed by atoms with Crippen molar-refractivity contribution < 1.29 is 18.4 Å². The van der Waals surface area contributed by atoms with E-state index in [1.54, 1.807) is 36.4 Å². The third-order valence-corrected chi connectivity index (χ3v) is 3.81. The van der Waals surface area contributed by atoms with E-state index in [0.717, 1.165) is 11.5 Å². The molecule has 0 N–H and O–H groups in total. The lowest BCUT2D eigenvalue weighted by molar-refractivity contribution is 0.248. The van der Waals surface area contributed by atoms with E-state index < -0.39 is 0 Å². The van der Waals surface area contributed by atoms with Gasteiger partial charge >= 0.3 is 0 Å². The van der Waals surface area contributed by atoms with Gasteiger partial charge in [-0.3, -0.25) is 0 Å². The predicted molar refractivity (Wildman–Crippen MR) is 85.7 cm³/mol. The van der Waals surface area contributed by atoms with E-state index in [2.05, 4.69) is 5.16 Å². The summed E-state index contributed by atoms with van der Waals surface area (Å²) in [5.74, 6) is 2.73. The Hall–Kier alpha value is -2.82. The second kappa shape index (κ2) is 6.35. The van der Waals surface area contributed by atoms with Crippen molar-refractivity contribution in [2.24, 2.45) is 0 Å². The second-order valence-corrected chi connectivity index (χ2v) is 5.81. The minimum atomic E-state index is -0.329. The highest BCUT2D eigenvalue weighted by Crippen LogP contribution is 2.39. The van der Waals surface area contributed by atoms with E-state index in [1.165, 1.54) is 25.0 Å². The van der Waals surface area contributed by atoms with E-state index in [-0.39, 0.29) is 5.82 Å². The van der Waals surface area contributed by atoms with Crippen LogP contribution in [0, 0.1) is 5.82 Å². The van der Waals surface area contributed by atoms with Gasteiger partial charge in [-0.05, 0) is 49.2 Å². The first kappa shape index (κ1) is 14.8. The van der Waals surface area contributed by atoms with Crippen molar-refractivity contribution in [2.45, 2.75) is 25.4 Å². The summed E-state index contributed by atoms with van der Waals surface area (Å²) in [6.45, 7) is 0.337. The molecule has 24 heavy (non-hydrogen) atoms. The highest BCUT2D eigenvalue weighted by atomic mass is 19.1.